The molecule has 1 aromatic rings. The Kier molecular flexibility index (Phi) is 3.69. The Morgan fingerprint density at radius 3 is 2.44 bits per heavy atom. The number of piperazine rings is 1. The van der Waals surface area contributed by atoms with Gasteiger partial charge in [0.15, 0.2) is 0 Å². The summed E-state index contributed by atoms with van der Waals surface area (Å²) in [6.07, 6.45) is 3.66. The van der Waals surface area contributed by atoms with E-state index in [4.69, 9.17) is 18.0 Å². The molecule has 4 nitrogen and oxygen atoms in total. The predicted octanol–water partition coefficient (Wildman–Crippen LogP) is 0.490. The molecule has 16 heavy (non-hydrogen) atoms. The molecule has 2 N–H and O–H groups in total. The fraction of sp³-hybridized carbons (Fsp3) is 0.455. The second kappa shape index (κ2) is 5.23. The summed E-state index contributed by atoms with van der Waals surface area (Å²) in [6.45, 7) is 4.80. The maximum Gasteiger partial charge on any atom is 0.0870 e. The van der Waals surface area contributed by atoms with Crippen molar-refractivity contribution in [2.45, 2.75) is 0 Å². The number of rotatable bonds is 3. The van der Waals surface area contributed by atoms with E-state index in [0.29, 0.717) is 4.99 Å². The van der Waals surface area contributed by atoms with Crippen LogP contribution in [0.25, 0.3) is 0 Å². The van der Waals surface area contributed by atoms with Crippen molar-refractivity contribution in [3.8, 4) is 0 Å². The zero-order valence-corrected chi connectivity index (χ0v) is 9.99. The predicted molar refractivity (Wildman–Crippen MR) is 69.7 cm³/mol. The third kappa shape index (κ3) is 2.90. The number of anilines is 1. The Balaban J connectivity index is 1.88. The first kappa shape index (κ1) is 11.3. The van der Waals surface area contributed by atoms with Gasteiger partial charge in [-0.05, 0) is 12.1 Å². The van der Waals surface area contributed by atoms with E-state index < -0.39 is 0 Å². The van der Waals surface area contributed by atoms with Crippen LogP contribution in [0.2, 0.25) is 0 Å². The molecule has 86 valence electrons. The van der Waals surface area contributed by atoms with Crippen molar-refractivity contribution in [3.63, 3.8) is 0 Å². The molecule has 2 rings (SSSR count). The van der Waals surface area contributed by atoms with Gasteiger partial charge in [-0.3, -0.25) is 9.88 Å². The van der Waals surface area contributed by atoms with Gasteiger partial charge in [0.05, 0.1) is 4.99 Å². The largest absolute Gasteiger partial charge is 0.392 e. The quantitative estimate of drug-likeness (QED) is 0.774. The summed E-state index contributed by atoms with van der Waals surface area (Å²) < 4.78 is 0. The molecule has 1 aliphatic rings. The lowest BCUT2D eigenvalue weighted by Crippen LogP contribution is -2.48. The first-order chi connectivity index (χ1) is 7.75. The monoisotopic (exact) mass is 236 g/mol. The molecule has 0 aliphatic carbocycles. The zero-order valence-electron chi connectivity index (χ0n) is 9.17. The van der Waals surface area contributed by atoms with Gasteiger partial charge in [-0.2, -0.15) is 0 Å². The van der Waals surface area contributed by atoms with E-state index in [9.17, 15) is 0 Å². The van der Waals surface area contributed by atoms with Crippen LogP contribution in [0.15, 0.2) is 24.5 Å². The van der Waals surface area contributed by atoms with Gasteiger partial charge in [0.25, 0.3) is 0 Å². The number of pyridine rings is 1. The van der Waals surface area contributed by atoms with Gasteiger partial charge in [0, 0.05) is 50.8 Å². The minimum absolute atomic E-state index is 0.581. The van der Waals surface area contributed by atoms with Crippen LogP contribution in [0.1, 0.15) is 0 Å². The topological polar surface area (TPSA) is 45.4 Å². The molecule has 1 aromatic heterocycles. The van der Waals surface area contributed by atoms with Gasteiger partial charge in [0.1, 0.15) is 0 Å². The molecular formula is C11H16N4S. The molecule has 0 spiro atoms. The van der Waals surface area contributed by atoms with E-state index in [2.05, 4.69) is 14.8 Å². The molecule has 1 saturated heterocycles. The SMILES string of the molecule is NC(=S)CN1CCN(c2ccncc2)CC1. The summed E-state index contributed by atoms with van der Waals surface area (Å²) in [6, 6.07) is 4.09. The van der Waals surface area contributed by atoms with Crippen molar-refractivity contribution >= 4 is 22.9 Å². The Morgan fingerprint density at radius 2 is 1.88 bits per heavy atom. The summed E-state index contributed by atoms with van der Waals surface area (Å²) in [5.41, 5.74) is 6.78. The zero-order chi connectivity index (χ0) is 11.4. The van der Waals surface area contributed by atoms with Crippen molar-refractivity contribution in [1.29, 1.82) is 0 Å². The molecule has 0 radical (unpaired) electrons. The Labute approximate surface area is 101 Å². The Hall–Kier alpha value is -1.20. The maximum atomic E-state index is 5.54. The van der Waals surface area contributed by atoms with Gasteiger partial charge in [0.2, 0.25) is 0 Å². The van der Waals surface area contributed by atoms with Crippen LogP contribution in [0.4, 0.5) is 5.69 Å². The smallest absolute Gasteiger partial charge is 0.0870 e. The highest BCUT2D eigenvalue weighted by atomic mass is 32.1. The minimum atomic E-state index is 0.581. The highest BCUT2D eigenvalue weighted by Gasteiger charge is 2.16. The van der Waals surface area contributed by atoms with Gasteiger partial charge in [-0.15, -0.1) is 0 Å². The normalized spacial score (nSPS) is 17.4. The number of hydrogen-bond donors (Lipinski definition) is 1. The summed E-state index contributed by atoms with van der Waals surface area (Å²) in [7, 11) is 0. The van der Waals surface area contributed by atoms with Crippen LogP contribution in [-0.2, 0) is 0 Å². The number of aromatic nitrogens is 1. The third-order valence-electron chi connectivity index (χ3n) is 2.78. The van der Waals surface area contributed by atoms with Crippen molar-refractivity contribution in [1.82, 2.24) is 9.88 Å². The molecule has 0 atom stereocenters. The highest BCUT2D eigenvalue weighted by molar-refractivity contribution is 7.80. The molecule has 0 aromatic carbocycles. The summed E-state index contributed by atoms with van der Waals surface area (Å²) >= 11 is 4.91. The third-order valence-corrected chi connectivity index (χ3v) is 2.91. The van der Waals surface area contributed by atoms with Crippen LogP contribution in [0, 0.1) is 0 Å². The molecule has 0 unspecified atom stereocenters. The van der Waals surface area contributed by atoms with E-state index in [1.807, 2.05) is 24.5 Å². The summed E-state index contributed by atoms with van der Waals surface area (Å²) in [5, 5.41) is 0. The summed E-state index contributed by atoms with van der Waals surface area (Å²) in [4.78, 5) is 9.26. The van der Waals surface area contributed by atoms with Crippen molar-refractivity contribution in [2.75, 3.05) is 37.6 Å². The van der Waals surface area contributed by atoms with Crippen molar-refractivity contribution in [2.24, 2.45) is 5.73 Å². The average molecular weight is 236 g/mol. The number of thiocarbonyl (C=S) groups is 1. The number of nitrogens with two attached hydrogens (primary N) is 1. The molecule has 0 saturated carbocycles. The molecule has 2 heterocycles. The summed E-state index contributed by atoms with van der Waals surface area (Å²) in [5.74, 6) is 0. The Morgan fingerprint density at radius 1 is 1.25 bits per heavy atom. The van der Waals surface area contributed by atoms with E-state index in [1.54, 1.807) is 0 Å². The van der Waals surface area contributed by atoms with Crippen LogP contribution in [0.5, 0.6) is 0 Å². The van der Waals surface area contributed by atoms with Crippen LogP contribution in [0.3, 0.4) is 0 Å². The lowest BCUT2D eigenvalue weighted by Gasteiger charge is -2.35. The molecule has 5 heteroatoms. The first-order valence-corrected chi connectivity index (χ1v) is 5.82. The van der Waals surface area contributed by atoms with E-state index in [0.717, 1.165) is 32.7 Å². The van der Waals surface area contributed by atoms with Gasteiger partial charge >= 0.3 is 0 Å². The van der Waals surface area contributed by atoms with Crippen LogP contribution in [-0.4, -0.2) is 47.6 Å². The first-order valence-electron chi connectivity index (χ1n) is 5.41. The Bertz CT molecular complexity index is 346. The average Bonchev–Trinajstić information content (AvgIpc) is 2.30. The van der Waals surface area contributed by atoms with E-state index in [-0.39, 0.29) is 0 Å². The van der Waals surface area contributed by atoms with Crippen LogP contribution >= 0.6 is 12.2 Å². The van der Waals surface area contributed by atoms with Crippen LogP contribution < -0.4 is 10.6 Å². The fourth-order valence-electron chi connectivity index (χ4n) is 1.94. The lowest BCUT2D eigenvalue weighted by atomic mass is 10.2. The molecular weight excluding hydrogens is 220 g/mol. The van der Waals surface area contributed by atoms with Crippen molar-refractivity contribution < 1.29 is 0 Å². The second-order valence-corrected chi connectivity index (χ2v) is 4.46. The standard InChI is InChI=1S/C11H16N4S/c12-11(16)9-14-5-7-15(8-6-14)10-1-3-13-4-2-10/h1-4H,5-9H2,(H2,12,16). The maximum absolute atomic E-state index is 5.54. The van der Waals surface area contributed by atoms with E-state index in [1.165, 1.54) is 5.69 Å². The minimum Gasteiger partial charge on any atom is -0.392 e. The van der Waals surface area contributed by atoms with Crippen molar-refractivity contribution in [3.05, 3.63) is 24.5 Å². The number of hydrogen-bond acceptors (Lipinski definition) is 4. The number of nitrogens with zero attached hydrogens (tertiary/aromatic N) is 3. The molecule has 0 bridgehead atoms. The highest BCUT2D eigenvalue weighted by Crippen LogP contribution is 2.14. The molecule has 1 fully saturated rings. The van der Waals surface area contributed by atoms with Gasteiger partial charge in [-0.25, -0.2) is 0 Å². The van der Waals surface area contributed by atoms with Gasteiger partial charge < -0.3 is 10.6 Å². The second-order valence-electron chi connectivity index (χ2n) is 3.93. The fourth-order valence-corrected chi connectivity index (χ4v) is 2.12. The lowest BCUT2D eigenvalue weighted by molar-refractivity contribution is 0.292. The molecule has 0 amide bonds. The van der Waals surface area contributed by atoms with Gasteiger partial charge in [-0.1, -0.05) is 12.2 Å². The molecule has 1 aliphatic heterocycles. The van der Waals surface area contributed by atoms with E-state index >= 15 is 0 Å².